The van der Waals surface area contributed by atoms with Crippen LogP contribution in [0.5, 0.6) is 0 Å². The first-order chi connectivity index (χ1) is 11.9. The average molecular weight is 348 g/mol. The SMILES string of the molecule is COCC1(C(=O)N2C[C@H](C(N)=O)[C@@H](c3cnn(C)c3C)C2)CCCC1. The Morgan fingerprint density at radius 3 is 2.56 bits per heavy atom. The number of hydrogen-bond donors (Lipinski definition) is 1. The molecule has 3 rings (SSSR count). The molecule has 2 atom stereocenters. The summed E-state index contributed by atoms with van der Waals surface area (Å²) in [6, 6.07) is 0. The van der Waals surface area contributed by atoms with Crippen LogP contribution < -0.4 is 5.73 Å². The van der Waals surface area contributed by atoms with Crippen molar-refractivity contribution in [2.24, 2.45) is 24.1 Å². The molecule has 0 aromatic carbocycles. The maximum absolute atomic E-state index is 13.3. The van der Waals surface area contributed by atoms with E-state index in [4.69, 9.17) is 10.5 Å². The van der Waals surface area contributed by atoms with Gasteiger partial charge in [-0.15, -0.1) is 0 Å². The van der Waals surface area contributed by atoms with Crippen molar-refractivity contribution in [1.82, 2.24) is 14.7 Å². The van der Waals surface area contributed by atoms with Crippen molar-refractivity contribution < 1.29 is 14.3 Å². The molecule has 0 spiro atoms. The number of primary amides is 1. The predicted molar refractivity (Wildman–Crippen MR) is 92.7 cm³/mol. The highest BCUT2D eigenvalue weighted by Crippen LogP contribution is 2.43. The van der Waals surface area contributed by atoms with Crippen molar-refractivity contribution in [2.75, 3.05) is 26.8 Å². The highest BCUT2D eigenvalue weighted by molar-refractivity contribution is 5.86. The van der Waals surface area contributed by atoms with Crippen LogP contribution in [0.3, 0.4) is 0 Å². The number of aryl methyl sites for hydroxylation is 1. The van der Waals surface area contributed by atoms with Gasteiger partial charge in [0.05, 0.1) is 24.1 Å². The van der Waals surface area contributed by atoms with Crippen LogP contribution in [-0.2, 0) is 21.4 Å². The Labute approximate surface area is 148 Å². The van der Waals surface area contributed by atoms with E-state index in [-0.39, 0.29) is 23.7 Å². The lowest BCUT2D eigenvalue weighted by molar-refractivity contribution is -0.144. The largest absolute Gasteiger partial charge is 0.384 e. The molecule has 0 unspecified atom stereocenters. The van der Waals surface area contributed by atoms with Gasteiger partial charge in [0.25, 0.3) is 0 Å². The zero-order valence-corrected chi connectivity index (χ0v) is 15.3. The summed E-state index contributed by atoms with van der Waals surface area (Å²) in [6.45, 7) is 3.33. The van der Waals surface area contributed by atoms with Crippen molar-refractivity contribution in [3.05, 3.63) is 17.5 Å². The number of carbonyl (C=O) groups excluding carboxylic acids is 2. The van der Waals surface area contributed by atoms with Gasteiger partial charge in [-0.3, -0.25) is 14.3 Å². The van der Waals surface area contributed by atoms with E-state index in [0.29, 0.717) is 19.7 Å². The fraction of sp³-hybridized carbons (Fsp3) is 0.722. The Morgan fingerprint density at radius 2 is 2.04 bits per heavy atom. The van der Waals surface area contributed by atoms with E-state index < -0.39 is 5.41 Å². The van der Waals surface area contributed by atoms with Crippen LogP contribution >= 0.6 is 0 Å². The zero-order valence-electron chi connectivity index (χ0n) is 15.3. The van der Waals surface area contributed by atoms with Crippen LogP contribution in [-0.4, -0.2) is 53.3 Å². The first-order valence-corrected chi connectivity index (χ1v) is 8.96. The number of methoxy groups -OCH3 is 1. The Bertz CT molecular complexity index is 663. The van der Waals surface area contributed by atoms with Crippen molar-refractivity contribution in [1.29, 1.82) is 0 Å². The molecule has 2 aliphatic rings. The van der Waals surface area contributed by atoms with Gasteiger partial charge in [0, 0.05) is 38.9 Å². The molecule has 138 valence electrons. The highest BCUT2D eigenvalue weighted by atomic mass is 16.5. The molecule has 2 heterocycles. The molecule has 25 heavy (non-hydrogen) atoms. The number of hydrogen-bond acceptors (Lipinski definition) is 4. The number of likely N-dealkylation sites (tertiary alicyclic amines) is 1. The maximum Gasteiger partial charge on any atom is 0.231 e. The summed E-state index contributed by atoms with van der Waals surface area (Å²) in [6.07, 6.45) is 5.60. The molecule has 2 fully saturated rings. The van der Waals surface area contributed by atoms with Gasteiger partial charge in [-0.25, -0.2) is 0 Å². The van der Waals surface area contributed by atoms with Gasteiger partial charge in [-0.05, 0) is 25.3 Å². The molecule has 1 aromatic rings. The molecule has 1 aliphatic heterocycles. The third-order valence-corrected chi connectivity index (χ3v) is 6.08. The first-order valence-electron chi connectivity index (χ1n) is 8.96. The number of amides is 2. The summed E-state index contributed by atoms with van der Waals surface area (Å²) in [5, 5.41) is 4.29. The third kappa shape index (κ3) is 3.05. The van der Waals surface area contributed by atoms with E-state index in [2.05, 4.69) is 5.10 Å². The normalized spacial score (nSPS) is 25.5. The molecule has 0 radical (unpaired) electrons. The lowest BCUT2D eigenvalue weighted by atomic mass is 9.85. The van der Waals surface area contributed by atoms with Gasteiger partial charge < -0.3 is 15.4 Å². The van der Waals surface area contributed by atoms with Crippen molar-refractivity contribution >= 4 is 11.8 Å². The zero-order chi connectivity index (χ0) is 18.2. The number of ether oxygens (including phenoxy) is 1. The smallest absolute Gasteiger partial charge is 0.231 e. The topological polar surface area (TPSA) is 90.4 Å². The summed E-state index contributed by atoms with van der Waals surface area (Å²) < 4.78 is 7.16. The Kier molecular flexibility index (Phi) is 4.86. The summed E-state index contributed by atoms with van der Waals surface area (Å²) in [7, 11) is 3.52. The minimum Gasteiger partial charge on any atom is -0.384 e. The Hall–Kier alpha value is -1.89. The predicted octanol–water partition coefficient (Wildman–Crippen LogP) is 0.963. The minimum absolute atomic E-state index is 0.0869. The fourth-order valence-corrected chi connectivity index (χ4v) is 4.54. The Balaban J connectivity index is 1.86. The van der Waals surface area contributed by atoms with Crippen molar-refractivity contribution in [2.45, 2.75) is 38.5 Å². The molecule has 1 saturated heterocycles. The van der Waals surface area contributed by atoms with Crippen LogP contribution in [0.15, 0.2) is 6.20 Å². The second-order valence-corrected chi connectivity index (χ2v) is 7.55. The van der Waals surface area contributed by atoms with E-state index in [0.717, 1.165) is 36.9 Å². The van der Waals surface area contributed by atoms with Gasteiger partial charge in [0.2, 0.25) is 11.8 Å². The molecule has 2 amide bonds. The second-order valence-electron chi connectivity index (χ2n) is 7.55. The number of carbonyl (C=O) groups is 2. The van der Waals surface area contributed by atoms with E-state index in [1.54, 1.807) is 18.0 Å². The molecular formula is C18H28N4O3. The summed E-state index contributed by atoms with van der Waals surface area (Å²) in [5.41, 5.74) is 7.25. The average Bonchev–Trinajstić information content (AvgIpc) is 3.28. The van der Waals surface area contributed by atoms with Gasteiger partial charge >= 0.3 is 0 Å². The van der Waals surface area contributed by atoms with E-state index in [9.17, 15) is 9.59 Å². The summed E-state index contributed by atoms with van der Waals surface area (Å²) >= 11 is 0. The third-order valence-electron chi connectivity index (χ3n) is 6.08. The van der Waals surface area contributed by atoms with Crippen molar-refractivity contribution in [3.63, 3.8) is 0 Å². The number of rotatable bonds is 5. The molecule has 2 N–H and O–H groups in total. The van der Waals surface area contributed by atoms with Gasteiger partial charge in [-0.2, -0.15) is 5.10 Å². The molecule has 0 bridgehead atoms. The number of aromatic nitrogens is 2. The van der Waals surface area contributed by atoms with Gasteiger partial charge in [-0.1, -0.05) is 12.8 Å². The quantitative estimate of drug-likeness (QED) is 0.858. The molecule has 1 aromatic heterocycles. The highest BCUT2D eigenvalue weighted by Gasteiger charge is 2.48. The fourth-order valence-electron chi connectivity index (χ4n) is 4.54. The van der Waals surface area contributed by atoms with Crippen LogP contribution in [0.4, 0.5) is 0 Å². The number of nitrogens with two attached hydrogens (primary N) is 1. The van der Waals surface area contributed by atoms with Gasteiger partial charge in [0.1, 0.15) is 0 Å². The van der Waals surface area contributed by atoms with E-state index in [1.165, 1.54) is 0 Å². The lowest BCUT2D eigenvalue weighted by Gasteiger charge is -2.31. The Morgan fingerprint density at radius 1 is 1.36 bits per heavy atom. The van der Waals surface area contributed by atoms with Gasteiger partial charge in [0.15, 0.2) is 0 Å². The van der Waals surface area contributed by atoms with Crippen LogP contribution in [0, 0.1) is 18.3 Å². The van der Waals surface area contributed by atoms with Crippen molar-refractivity contribution in [3.8, 4) is 0 Å². The molecular weight excluding hydrogens is 320 g/mol. The maximum atomic E-state index is 13.3. The van der Waals surface area contributed by atoms with E-state index >= 15 is 0 Å². The van der Waals surface area contributed by atoms with E-state index in [1.807, 2.05) is 18.9 Å². The molecule has 1 aliphatic carbocycles. The number of nitrogens with zero attached hydrogens (tertiary/aromatic N) is 3. The van der Waals surface area contributed by atoms with Crippen LogP contribution in [0.1, 0.15) is 42.9 Å². The summed E-state index contributed by atoms with van der Waals surface area (Å²) in [4.78, 5) is 27.1. The second kappa shape index (κ2) is 6.78. The monoisotopic (exact) mass is 348 g/mol. The lowest BCUT2D eigenvalue weighted by Crippen LogP contribution is -2.44. The molecule has 1 saturated carbocycles. The molecule has 7 nitrogen and oxygen atoms in total. The first kappa shape index (κ1) is 17.9. The van der Waals surface area contributed by atoms with Crippen LogP contribution in [0.25, 0.3) is 0 Å². The minimum atomic E-state index is -0.435. The van der Waals surface area contributed by atoms with Crippen LogP contribution in [0.2, 0.25) is 0 Å². The molecule has 7 heteroatoms. The summed E-state index contributed by atoms with van der Waals surface area (Å²) in [5.74, 6) is -0.693. The standard InChI is InChI=1S/C18H28N4O3/c1-12-13(8-20-21(12)2)14-9-22(10-15(14)16(19)23)17(24)18(11-25-3)6-4-5-7-18/h8,14-15H,4-7,9-11H2,1-3H3,(H2,19,23)/t14-,15+/m1/s1.